The number of amides is 1. The molecule has 1 aromatic rings. The summed E-state index contributed by atoms with van der Waals surface area (Å²) in [5.41, 5.74) is 0.699. The Morgan fingerprint density at radius 2 is 1.89 bits per heavy atom. The van der Waals surface area contributed by atoms with Gasteiger partial charge in [-0.05, 0) is 47.0 Å². The number of carbonyl (C=O) groups is 1. The zero-order valence-corrected chi connectivity index (χ0v) is 12.8. The van der Waals surface area contributed by atoms with E-state index in [1.165, 1.54) is 0 Å². The van der Waals surface area contributed by atoms with E-state index in [1.54, 1.807) is 7.11 Å². The predicted octanol–water partition coefficient (Wildman–Crippen LogP) is 3.72. The van der Waals surface area contributed by atoms with Gasteiger partial charge in [-0.15, -0.1) is 0 Å². The van der Waals surface area contributed by atoms with Gasteiger partial charge in [0.15, 0.2) is 0 Å². The molecule has 0 saturated carbocycles. The highest BCUT2D eigenvalue weighted by Gasteiger charge is 2.15. The van der Waals surface area contributed by atoms with Crippen LogP contribution in [0.2, 0.25) is 0 Å². The Morgan fingerprint density at radius 3 is 2.33 bits per heavy atom. The number of nitrogens with zero attached hydrogens (tertiary/aromatic N) is 1. The minimum absolute atomic E-state index is 0.0852. The lowest BCUT2D eigenvalue weighted by atomic mass is 10.2. The van der Waals surface area contributed by atoms with Crippen molar-refractivity contribution in [3.8, 4) is 5.75 Å². The molecule has 0 aliphatic carbocycles. The summed E-state index contributed by atoms with van der Waals surface area (Å²) in [5.74, 6) is 0.825. The van der Waals surface area contributed by atoms with Gasteiger partial charge in [0.1, 0.15) is 5.75 Å². The quantitative estimate of drug-likeness (QED) is 0.801. The van der Waals surface area contributed by atoms with Crippen molar-refractivity contribution in [3.05, 3.63) is 28.2 Å². The van der Waals surface area contributed by atoms with Crippen LogP contribution in [-0.2, 0) is 0 Å². The van der Waals surface area contributed by atoms with Crippen LogP contribution in [0.25, 0.3) is 0 Å². The van der Waals surface area contributed by atoms with Gasteiger partial charge in [0, 0.05) is 18.7 Å². The molecule has 0 unspecified atom stereocenters. The number of hydrogen-bond acceptors (Lipinski definition) is 2. The molecule has 1 amide bonds. The molecule has 0 radical (unpaired) electrons. The molecule has 4 heteroatoms. The van der Waals surface area contributed by atoms with E-state index in [9.17, 15) is 4.79 Å². The van der Waals surface area contributed by atoms with Gasteiger partial charge in [-0.1, -0.05) is 13.8 Å². The molecule has 0 heterocycles. The van der Waals surface area contributed by atoms with E-state index in [0.717, 1.165) is 36.2 Å². The van der Waals surface area contributed by atoms with Crippen LogP contribution in [0.15, 0.2) is 22.7 Å². The third-order valence-corrected chi connectivity index (χ3v) is 3.29. The van der Waals surface area contributed by atoms with E-state index < -0.39 is 0 Å². The van der Waals surface area contributed by atoms with Crippen molar-refractivity contribution in [1.29, 1.82) is 0 Å². The highest BCUT2D eigenvalue weighted by Crippen LogP contribution is 2.26. The van der Waals surface area contributed by atoms with Gasteiger partial charge in [-0.2, -0.15) is 0 Å². The van der Waals surface area contributed by atoms with Crippen LogP contribution in [0.5, 0.6) is 5.75 Å². The molecule has 3 nitrogen and oxygen atoms in total. The van der Waals surface area contributed by atoms with Crippen molar-refractivity contribution in [3.63, 3.8) is 0 Å². The Balaban J connectivity index is 2.90. The van der Waals surface area contributed by atoms with E-state index in [4.69, 9.17) is 4.74 Å². The zero-order valence-electron chi connectivity index (χ0n) is 11.2. The summed E-state index contributed by atoms with van der Waals surface area (Å²) < 4.78 is 5.97. The first-order valence-electron chi connectivity index (χ1n) is 6.26. The summed E-state index contributed by atoms with van der Waals surface area (Å²) >= 11 is 3.41. The molecule has 18 heavy (non-hydrogen) atoms. The number of ether oxygens (including phenoxy) is 1. The van der Waals surface area contributed by atoms with Gasteiger partial charge in [0.05, 0.1) is 11.6 Å². The maximum absolute atomic E-state index is 12.3. The fourth-order valence-electron chi connectivity index (χ4n) is 1.84. The first kappa shape index (κ1) is 15.0. The normalized spacial score (nSPS) is 10.2. The zero-order chi connectivity index (χ0) is 13.5. The number of halogens is 1. The van der Waals surface area contributed by atoms with E-state index in [1.807, 2.05) is 23.1 Å². The summed E-state index contributed by atoms with van der Waals surface area (Å²) in [7, 11) is 1.61. The standard InChI is InChI=1S/C14H20BrNO2/c1-4-8-16(9-5-2)14(17)11-6-7-13(18-3)12(15)10-11/h6-7,10H,4-5,8-9H2,1-3H3. The Hall–Kier alpha value is -1.03. The largest absolute Gasteiger partial charge is 0.496 e. The summed E-state index contributed by atoms with van der Waals surface area (Å²) in [4.78, 5) is 14.2. The molecule has 0 bridgehead atoms. The molecule has 1 rings (SSSR count). The van der Waals surface area contributed by atoms with Crippen molar-refractivity contribution in [2.24, 2.45) is 0 Å². The predicted molar refractivity (Wildman–Crippen MR) is 77.2 cm³/mol. The molecule has 0 aliphatic heterocycles. The van der Waals surface area contributed by atoms with Gasteiger partial charge in [0.2, 0.25) is 0 Å². The van der Waals surface area contributed by atoms with Crippen LogP contribution in [0.3, 0.4) is 0 Å². The molecule has 1 aromatic carbocycles. The van der Waals surface area contributed by atoms with Crippen molar-refractivity contribution in [2.75, 3.05) is 20.2 Å². The minimum Gasteiger partial charge on any atom is -0.496 e. The minimum atomic E-state index is 0.0852. The molecular formula is C14H20BrNO2. The second kappa shape index (κ2) is 7.41. The highest BCUT2D eigenvalue weighted by molar-refractivity contribution is 9.10. The van der Waals surface area contributed by atoms with Crippen LogP contribution in [0.4, 0.5) is 0 Å². The molecule has 0 saturated heterocycles. The van der Waals surface area contributed by atoms with Gasteiger partial charge >= 0.3 is 0 Å². The molecule has 0 N–H and O–H groups in total. The smallest absolute Gasteiger partial charge is 0.253 e. The van der Waals surface area contributed by atoms with Gasteiger partial charge in [0.25, 0.3) is 5.91 Å². The molecule has 0 aliphatic rings. The number of hydrogen-bond donors (Lipinski definition) is 0. The Kier molecular flexibility index (Phi) is 6.19. The second-order valence-electron chi connectivity index (χ2n) is 4.14. The summed E-state index contributed by atoms with van der Waals surface area (Å²) in [6.07, 6.45) is 1.95. The molecular weight excluding hydrogens is 294 g/mol. The third kappa shape index (κ3) is 3.73. The first-order valence-corrected chi connectivity index (χ1v) is 7.06. The second-order valence-corrected chi connectivity index (χ2v) is 5.00. The van der Waals surface area contributed by atoms with Crippen molar-refractivity contribution >= 4 is 21.8 Å². The fourth-order valence-corrected chi connectivity index (χ4v) is 2.38. The molecule has 0 spiro atoms. The molecule has 0 fully saturated rings. The Morgan fingerprint density at radius 1 is 1.28 bits per heavy atom. The van der Waals surface area contributed by atoms with E-state index in [-0.39, 0.29) is 5.91 Å². The molecule has 100 valence electrons. The Labute approximate surface area is 117 Å². The molecule has 0 atom stereocenters. The van der Waals surface area contributed by atoms with Crippen LogP contribution in [0.1, 0.15) is 37.0 Å². The topological polar surface area (TPSA) is 29.5 Å². The lowest BCUT2D eigenvalue weighted by molar-refractivity contribution is 0.0755. The van der Waals surface area contributed by atoms with E-state index in [2.05, 4.69) is 29.8 Å². The lowest BCUT2D eigenvalue weighted by Crippen LogP contribution is -2.32. The number of rotatable bonds is 6. The number of carbonyl (C=O) groups excluding carboxylic acids is 1. The summed E-state index contributed by atoms with van der Waals surface area (Å²) in [6.45, 7) is 5.77. The monoisotopic (exact) mass is 313 g/mol. The van der Waals surface area contributed by atoms with Crippen LogP contribution < -0.4 is 4.74 Å². The van der Waals surface area contributed by atoms with E-state index >= 15 is 0 Å². The van der Waals surface area contributed by atoms with Gasteiger partial charge < -0.3 is 9.64 Å². The molecule has 0 aromatic heterocycles. The van der Waals surface area contributed by atoms with Crippen LogP contribution in [0, 0.1) is 0 Å². The average molecular weight is 314 g/mol. The van der Waals surface area contributed by atoms with Crippen molar-refractivity contribution < 1.29 is 9.53 Å². The van der Waals surface area contributed by atoms with Gasteiger partial charge in [-0.3, -0.25) is 4.79 Å². The highest BCUT2D eigenvalue weighted by atomic mass is 79.9. The maximum atomic E-state index is 12.3. The maximum Gasteiger partial charge on any atom is 0.253 e. The Bertz CT molecular complexity index is 401. The first-order chi connectivity index (χ1) is 8.63. The fraction of sp³-hybridized carbons (Fsp3) is 0.500. The summed E-state index contributed by atoms with van der Waals surface area (Å²) in [5, 5.41) is 0. The summed E-state index contributed by atoms with van der Waals surface area (Å²) in [6, 6.07) is 5.44. The third-order valence-electron chi connectivity index (χ3n) is 2.67. The van der Waals surface area contributed by atoms with Crippen molar-refractivity contribution in [2.45, 2.75) is 26.7 Å². The van der Waals surface area contributed by atoms with Crippen LogP contribution in [-0.4, -0.2) is 31.0 Å². The number of methoxy groups -OCH3 is 1. The lowest BCUT2D eigenvalue weighted by Gasteiger charge is -2.21. The SMILES string of the molecule is CCCN(CCC)C(=O)c1ccc(OC)c(Br)c1. The van der Waals surface area contributed by atoms with E-state index in [0.29, 0.717) is 5.56 Å². The van der Waals surface area contributed by atoms with Crippen LogP contribution >= 0.6 is 15.9 Å². The number of benzene rings is 1. The van der Waals surface area contributed by atoms with Crippen molar-refractivity contribution in [1.82, 2.24) is 4.90 Å². The average Bonchev–Trinajstić information content (AvgIpc) is 2.37. The van der Waals surface area contributed by atoms with Gasteiger partial charge in [-0.25, -0.2) is 0 Å².